The monoisotopic (exact) mass is 449 g/mol. The van der Waals surface area contributed by atoms with Gasteiger partial charge < -0.3 is 5.32 Å². The van der Waals surface area contributed by atoms with E-state index in [2.05, 4.69) is 10.3 Å². The molecule has 0 unspecified atom stereocenters. The number of hydrogen-bond donors (Lipinski definition) is 1. The average Bonchev–Trinajstić information content (AvgIpc) is 2.71. The molecule has 3 aromatic rings. The highest BCUT2D eigenvalue weighted by molar-refractivity contribution is 7.92. The summed E-state index contributed by atoms with van der Waals surface area (Å²) in [5, 5.41) is 3.49. The number of pyridine rings is 1. The molecule has 0 saturated heterocycles. The summed E-state index contributed by atoms with van der Waals surface area (Å²) in [5.74, 6) is -0.459. The molecule has 0 aliphatic rings. The van der Waals surface area contributed by atoms with Gasteiger partial charge in [0, 0.05) is 29.0 Å². The molecule has 0 atom stereocenters. The second-order valence-corrected chi connectivity index (χ2v) is 8.81. The van der Waals surface area contributed by atoms with E-state index in [1.807, 2.05) is 0 Å². The van der Waals surface area contributed by atoms with Crippen LogP contribution in [0.2, 0.25) is 10.0 Å². The Morgan fingerprint density at radius 3 is 2.31 bits per heavy atom. The lowest BCUT2D eigenvalue weighted by molar-refractivity contribution is -0.119. The van der Waals surface area contributed by atoms with Crippen LogP contribution in [0.15, 0.2) is 78.0 Å². The van der Waals surface area contributed by atoms with Crippen LogP contribution in [0.1, 0.15) is 5.56 Å². The van der Waals surface area contributed by atoms with E-state index in [0.717, 1.165) is 9.87 Å². The van der Waals surface area contributed by atoms with Gasteiger partial charge in [-0.05, 0) is 60.2 Å². The molecule has 0 aliphatic heterocycles. The van der Waals surface area contributed by atoms with Gasteiger partial charge in [-0.25, -0.2) is 8.42 Å². The Morgan fingerprint density at radius 2 is 1.66 bits per heavy atom. The summed E-state index contributed by atoms with van der Waals surface area (Å²) in [5.41, 5.74) is 1.13. The number of sulfonamides is 1. The molecule has 1 aromatic heterocycles. The number of anilines is 1. The van der Waals surface area contributed by atoms with E-state index in [4.69, 9.17) is 23.2 Å². The molecule has 0 radical (unpaired) electrons. The standard InChI is InChI=1S/C20H17Cl2N3O3S/c21-16-4-6-19(7-5-16)29(27,28)25(18-3-1-2-17(22)12-18)14-20(26)24-13-15-8-10-23-11-9-15/h1-12H,13-14H2,(H,24,26). The fraction of sp³-hybridized carbons (Fsp3) is 0.100. The maximum absolute atomic E-state index is 13.2. The maximum Gasteiger partial charge on any atom is 0.264 e. The zero-order chi connectivity index (χ0) is 20.9. The van der Waals surface area contributed by atoms with Gasteiger partial charge >= 0.3 is 0 Å². The third-order valence-electron chi connectivity index (χ3n) is 4.02. The van der Waals surface area contributed by atoms with Crippen molar-refractivity contribution in [1.29, 1.82) is 0 Å². The summed E-state index contributed by atoms with van der Waals surface area (Å²) < 4.78 is 27.5. The van der Waals surface area contributed by atoms with E-state index in [0.29, 0.717) is 10.0 Å². The van der Waals surface area contributed by atoms with Crippen molar-refractivity contribution in [3.8, 4) is 0 Å². The summed E-state index contributed by atoms with van der Waals surface area (Å²) >= 11 is 11.9. The Kier molecular flexibility index (Phi) is 6.74. The lowest BCUT2D eigenvalue weighted by atomic mass is 10.3. The minimum Gasteiger partial charge on any atom is -0.350 e. The van der Waals surface area contributed by atoms with Crippen LogP contribution in [0.25, 0.3) is 0 Å². The molecule has 0 saturated carbocycles. The molecule has 0 aliphatic carbocycles. The van der Waals surface area contributed by atoms with Crippen LogP contribution in [0.5, 0.6) is 0 Å². The molecule has 0 bridgehead atoms. The minimum absolute atomic E-state index is 0.0174. The van der Waals surface area contributed by atoms with Gasteiger partial charge in [0.05, 0.1) is 10.6 Å². The van der Waals surface area contributed by atoms with E-state index in [-0.39, 0.29) is 17.1 Å². The van der Waals surface area contributed by atoms with Crippen molar-refractivity contribution in [1.82, 2.24) is 10.3 Å². The third kappa shape index (κ3) is 5.47. The molecule has 1 heterocycles. The highest BCUT2D eigenvalue weighted by atomic mass is 35.5. The number of nitrogens with zero attached hydrogens (tertiary/aromatic N) is 2. The predicted octanol–water partition coefficient (Wildman–Crippen LogP) is 3.90. The van der Waals surface area contributed by atoms with Crippen molar-refractivity contribution in [2.45, 2.75) is 11.4 Å². The van der Waals surface area contributed by atoms with Crippen molar-refractivity contribution in [2.24, 2.45) is 0 Å². The molecular formula is C20H17Cl2N3O3S. The van der Waals surface area contributed by atoms with Crippen LogP contribution in [0, 0.1) is 0 Å². The molecule has 0 fully saturated rings. The number of carbonyl (C=O) groups is 1. The largest absolute Gasteiger partial charge is 0.350 e. The Morgan fingerprint density at radius 1 is 0.966 bits per heavy atom. The van der Waals surface area contributed by atoms with E-state index >= 15 is 0 Å². The molecule has 1 amide bonds. The first-order chi connectivity index (χ1) is 13.9. The van der Waals surface area contributed by atoms with E-state index in [1.165, 1.54) is 30.3 Å². The second-order valence-electron chi connectivity index (χ2n) is 6.08. The fourth-order valence-corrected chi connectivity index (χ4v) is 4.29. The first kappa shape index (κ1) is 21.1. The molecule has 6 nitrogen and oxygen atoms in total. The molecule has 9 heteroatoms. The zero-order valence-corrected chi connectivity index (χ0v) is 17.5. The summed E-state index contributed by atoms with van der Waals surface area (Å²) in [4.78, 5) is 16.5. The van der Waals surface area contributed by atoms with Crippen LogP contribution < -0.4 is 9.62 Å². The number of rotatable bonds is 7. The van der Waals surface area contributed by atoms with Crippen LogP contribution in [-0.4, -0.2) is 25.9 Å². The molecular weight excluding hydrogens is 433 g/mol. The molecule has 3 rings (SSSR count). The van der Waals surface area contributed by atoms with Gasteiger partial charge in [-0.1, -0.05) is 29.3 Å². The Bertz CT molecular complexity index is 1090. The van der Waals surface area contributed by atoms with Crippen molar-refractivity contribution in [3.05, 3.63) is 88.7 Å². The van der Waals surface area contributed by atoms with Crippen molar-refractivity contribution >= 4 is 44.8 Å². The van der Waals surface area contributed by atoms with Crippen LogP contribution in [0.4, 0.5) is 5.69 Å². The molecule has 2 aromatic carbocycles. The number of hydrogen-bond acceptors (Lipinski definition) is 4. The van der Waals surface area contributed by atoms with Gasteiger partial charge in [0.1, 0.15) is 6.54 Å². The first-order valence-electron chi connectivity index (χ1n) is 8.56. The predicted molar refractivity (Wildman–Crippen MR) is 114 cm³/mol. The zero-order valence-electron chi connectivity index (χ0n) is 15.1. The Labute approximate surface area is 179 Å². The normalized spacial score (nSPS) is 11.1. The van der Waals surface area contributed by atoms with Gasteiger partial charge in [0.25, 0.3) is 10.0 Å². The number of aromatic nitrogens is 1. The molecule has 1 N–H and O–H groups in total. The van der Waals surface area contributed by atoms with Gasteiger partial charge in [0.2, 0.25) is 5.91 Å². The third-order valence-corrected chi connectivity index (χ3v) is 6.30. The summed E-state index contributed by atoms with van der Waals surface area (Å²) in [7, 11) is -4.02. The fourth-order valence-electron chi connectivity index (χ4n) is 2.57. The quantitative estimate of drug-likeness (QED) is 0.592. The molecule has 0 spiro atoms. The number of amides is 1. The minimum atomic E-state index is -4.02. The van der Waals surface area contributed by atoms with Crippen LogP contribution in [-0.2, 0) is 21.4 Å². The van der Waals surface area contributed by atoms with Crippen molar-refractivity contribution in [3.63, 3.8) is 0 Å². The average molecular weight is 450 g/mol. The topological polar surface area (TPSA) is 79.4 Å². The van der Waals surface area contributed by atoms with Gasteiger partial charge in [-0.2, -0.15) is 0 Å². The van der Waals surface area contributed by atoms with Gasteiger partial charge in [-0.15, -0.1) is 0 Å². The van der Waals surface area contributed by atoms with Crippen molar-refractivity contribution in [2.75, 3.05) is 10.8 Å². The number of nitrogens with one attached hydrogen (secondary N) is 1. The number of benzene rings is 2. The smallest absolute Gasteiger partial charge is 0.264 e. The van der Waals surface area contributed by atoms with E-state index in [1.54, 1.807) is 42.7 Å². The van der Waals surface area contributed by atoms with Crippen LogP contribution >= 0.6 is 23.2 Å². The first-order valence-corrected chi connectivity index (χ1v) is 10.8. The molecule has 29 heavy (non-hydrogen) atoms. The summed E-state index contributed by atoms with van der Waals surface area (Å²) in [6.45, 7) is -0.151. The Hall–Kier alpha value is -2.61. The second kappa shape index (κ2) is 9.26. The van der Waals surface area contributed by atoms with Gasteiger partial charge in [-0.3, -0.25) is 14.1 Å². The van der Waals surface area contributed by atoms with Crippen molar-refractivity contribution < 1.29 is 13.2 Å². The molecule has 150 valence electrons. The van der Waals surface area contributed by atoms with Crippen LogP contribution in [0.3, 0.4) is 0 Å². The summed E-state index contributed by atoms with van der Waals surface area (Å²) in [6.07, 6.45) is 3.23. The lowest BCUT2D eigenvalue weighted by Crippen LogP contribution is -2.40. The maximum atomic E-state index is 13.2. The summed E-state index contributed by atoms with van der Waals surface area (Å²) in [6, 6.07) is 15.6. The van der Waals surface area contributed by atoms with E-state index in [9.17, 15) is 13.2 Å². The number of halogens is 2. The highest BCUT2D eigenvalue weighted by Crippen LogP contribution is 2.26. The van der Waals surface area contributed by atoms with E-state index < -0.39 is 22.5 Å². The lowest BCUT2D eigenvalue weighted by Gasteiger charge is -2.24. The SMILES string of the molecule is O=C(CN(c1cccc(Cl)c1)S(=O)(=O)c1ccc(Cl)cc1)NCc1ccncc1. The Balaban J connectivity index is 1.87. The van der Waals surface area contributed by atoms with Gasteiger partial charge in [0.15, 0.2) is 0 Å². The number of carbonyl (C=O) groups excluding carboxylic acids is 1. The highest BCUT2D eigenvalue weighted by Gasteiger charge is 2.27.